The number of carbonyl (C=O) groups excluding carboxylic acids is 2. The number of allylic oxidation sites excluding steroid dienone is 1. The van der Waals surface area contributed by atoms with Crippen LogP contribution in [0.4, 0.5) is 13.2 Å². The Morgan fingerprint density at radius 1 is 1.21 bits per heavy atom. The first kappa shape index (κ1) is 18.0. The molecule has 1 aromatic rings. The molecular formula is C17H19F3N2O2. The summed E-state index contributed by atoms with van der Waals surface area (Å²) >= 11 is 0. The zero-order valence-electron chi connectivity index (χ0n) is 13.1. The molecule has 0 saturated carbocycles. The molecular weight excluding hydrogens is 321 g/mol. The number of hydrogen-bond acceptors (Lipinski definition) is 2. The van der Waals surface area contributed by atoms with Crippen molar-refractivity contribution in [3.8, 4) is 0 Å². The topological polar surface area (TPSA) is 63.4 Å². The highest BCUT2D eigenvalue weighted by atomic mass is 19.4. The Hall–Kier alpha value is -2.31. The van der Waals surface area contributed by atoms with Crippen molar-refractivity contribution >= 4 is 17.4 Å². The SMILES string of the molecule is NC(=O)C[C@@H]1CCCCN1C(=O)/C=C(\c1ccccc1)C(F)(F)F. The van der Waals surface area contributed by atoms with Gasteiger partial charge in [0.15, 0.2) is 0 Å². The molecule has 0 spiro atoms. The Kier molecular flexibility index (Phi) is 5.64. The highest BCUT2D eigenvalue weighted by Crippen LogP contribution is 2.34. The molecule has 0 aliphatic carbocycles. The number of amides is 2. The number of primary amides is 1. The van der Waals surface area contributed by atoms with Gasteiger partial charge in [-0.1, -0.05) is 30.3 Å². The van der Waals surface area contributed by atoms with E-state index in [0.29, 0.717) is 25.5 Å². The molecule has 1 saturated heterocycles. The summed E-state index contributed by atoms with van der Waals surface area (Å²) in [6.45, 7) is 0.327. The number of alkyl halides is 3. The molecule has 2 N–H and O–H groups in total. The number of halogens is 3. The number of benzene rings is 1. The molecule has 1 atom stereocenters. The molecule has 0 unspecified atom stereocenters. The smallest absolute Gasteiger partial charge is 0.370 e. The molecule has 0 aromatic heterocycles. The molecule has 0 bridgehead atoms. The minimum atomic E-state index is -4.65. The van der Waals surface area contributed by atoms with E-state index >= 15 is 0 Å². The predicted octanol–water partition coefficient (Wildman–Crippen LogP) is 2.89. The average Bonchev–Trinajstić information content (AvgIpc) is 2.52. The van der Waals surface area contributed by atoms with Crippen LogP contribution in [0.5, 0.6) is 0 Å². The fraction of sp³-hybridized carbons (Fsp3) is 0.412. The zero-order chi connectivity index (χ0) is 17.7. The van der Waals surface area contributed by atoms with E-state index in [-0.39, 0.29) is 12.0 Å². The molecule has 0 radical (unpaired) electrons. The number of rotatable bonds is 4. The summed E-state index contributed by atoms with van der Waals surface area (Å²) in [5.74, 6) is -1.31. The van der Waals surface area contributed by atoms with Crippen LogP contribution in [-0.2, 0) is 9.59 Å². The van der Waals surface area contributed by atoms with Crippen LogP contribution in [0.25, 0.3) is 5.57 Å². The number of hydrogen-bond donors (Lipinski definition) is 1. The Bertz CT molecular complexity index is 626. The van der Waals surface area contributed by atoms with Crippen molar-refractivity contribution in [2.24, 2.45) is 5.73 Å². The van der Waals surface area contributed by atoms with E-state index in [2.05, 4.69) is 0 Å². The van der Waals surface area contributed by atoms with E-state index in [1.807, 2.05) is 0 Å². The second-order valence-electron chi connectivity index (χ2n) is 5.77. The second kappa shape index (κ2) is 7.51. The van der Waals surface area contributed by atoms with E-state index in [1.165, 1.54) is 29.2 Å². The van der Waals surface area contributed by atoms with Gasteiger partial charge in [0, 0.05) is 25.1 Å². The molecule has 7 heteroatoms. The largest absolute Gasteiger partial charge is 0.417 e. The van der Waals surface area contributed by atoms with E-state index in [4.69, 9.17) is 5.73 Å². The third kappa shape index (κ3) is 4.59. The normalized spacial score (nSPS) is 19.2. The van der Waals surface area contributed by atoms with Gasteiger partial charge in [-0.05, 0) is 24.8 Å². The minimum Gasteiger partial charge on any atom is -0.370 e. The molecule has 2 rings (SSSR count). The molecule has 1 fully saturated rings. The lowest BCUT2D eigenvalue weighted by Crippen LogP contribution is -2.45. The van der Waals surface area contributed by atoms with E-state index in [9.17, 15) is 22.8 Å². The van der Waals surface area contributed by atoms with Gasteiger partial charge in [0.2, 0.25) is 11.8 Å². The lowest BCUT2D eigenvalue weighted by molar-refractivity contribution is -0.131. The molecule has 24 heavy (non-hydrogen) atoms. The quantitative estimate of drug-likeness (QED) is 0.857. The van der Waals surface area contributed by atoms with E-state index in [1.54, 1.807) is 6.07 Å². The first-order chi connectivity index (χ1) is 11.3. The Labute approximate surface area is 138 Å². The summed E-state index contributed by atoms with van der Waals surface area (Å²) in [4.78, 5) is 24.9. The van der Waals surface area contributed by atoms with Gasteiger partial charge >= 0.3 is 6.18 Å². The summed E-state index contributed by atoms with van der Waals surface area (Å²) in [7, 11) is 0. The van der Waals surface area contributed by atoms with Crippen LogP contribution in [0.2, 0.25) is 0 Å². The molecule has 2 amide bonds. The standard InChI is InChI=1S/C17H19F3N2O2/c18-17(19,20)14(12-6-2-1-3-7-12)11-16(24)22-9-5-4-8-13(22)10-15(21)23/h1-3,6-7,11,13H,4-5,8-10H2,(H2,21,23)/b14-11+/t13-/m0/s1. The van der Waals surface area contributed by atoms with Gasteiger partial charge in [-0.2, -0.15) is 13.2 Å². The fourth-order valence-corrected chi connectivity index (χ4v) is 2.89. The molecule has 130 valence electrons. The van der Waals surface area contributed by atoms with Crippen molar-refractivity contribution in [1.29, 1.82) is 0 Å². The third-order valence-corrected chi connectivity index (χ3v) is 4.01. The van der Waals surface area contributed by atoms with Gasteiger partial charge in [0.1, 0.15) is 0 Å². The van der Waals surface area contributed by atoms with E-state index in [0.717, 1.165) is 6.42 Å². The van der Waals surface area contributed by atoms with Gasteiger partial charge in [0.25, 0.3) is 0 Å². The van der Waals surface area contributed by atoms with Crippen molar-refractivity contribution in [2.45, 2.75) is 37.9 Å². The van der Waals surface area contributed by atoms with Crippen LogP contribution in [0.3, 0.4) is 0 Å². The number of nitrogens with two attached hydrogens (primary N) is 1. The van der Waals surface area contributed by atoms with Crippen LogP contribution < -0.4 is 5.73 Å². The molecule has 1 aliphatic heterocycles. The highest BCUT2D eigenvalue weighted by Gasteiger charge is 2.36. The summed E-state index contributed by atoms with van der Waals surface area (Å²) in [6.07, 6.45) is -1.99. The van der Waals surface area contributed by atoms with Crippen molar-refractivity contribution < 1.29 is 22.8 Å². The van der Waals surface area contributed by atoms with Gasteiger partial charge in [0.05, 0.1) is 5.57 Å². The average molecular weight is 340 g/mol. The molecule has 1 aliphatic rings. The van der Waals surface area contributed by atoms with Crippen molar-refractivity contribution in [2.75, 3.05) is 6.54 Å². The highest BCUT2D eigenvalue weighted by molar-refractivity contribution is 5.96. The van der Waals surface area contributed by atoms with E-state index < -0.39 is 29.6 Å². The minimum absolute atomic E-state index is 0.0354. The number of nitrogens with zero attached hydrogens (tertiary/aromatic N) is 1. The van der Waals surface area contributed by atoms with Gasteiger partial charge in [-0.15, -0.1) is 0 Å². The molecule has 1 aromatic carbocycles. The lowest BCUT2D eigenvalue weighted by atomic mass is 9.98. The number of carbonyl (C=O) groups is 2. The van der Waals surface area contributed by atoms with Crippen LogP contribution in [0, 0.1) is 0 Å². The van der Waals surface area contributed by atoms with Crippen molar-refractivity contribution in [1.82, 2.24) is 4.90 Å². The maximum atomic E-state index is 13.3. The van der Waals surface area contributed by atoms with Crippen molar-refractivity contribution in [3.63, 3.8) is 0 Å². The maximum Gasteiger partial charge on any atom is 0.417 e. The Balaban J connectivity index is 2.30. The third-order valence-electron chi connectivity index (χ3n) is 4.01. The van der Waals surface area contributed by atoms with Crippen molar-refractivity contribution in [3.05, 3.63) is 42.0 Å². The predicted molar refractivity (Wildman–Crippen MR) is 83.6 cm³/mol. The lowest BCUT2D eigenvalue weighted by Gasteiger charge is -2.34. The Morgan fingerprint density at radius 3 is 2.46 bits per heavy atom. The van der Waals surface area contributed by atoms with Crippen LogP contribution in [0.15, 0.2) is 36.4 Å². The summed E-state index contributed by atoms with van der Waals surface area (Å²) in [6, 6.07) is 6.75. The van der Waals surface area contributed by atoms with Gasteiger partial charge in [-0.3, -0.25) is 9.59 Å². The van der Waals surface area contributed by atoms with Gasteiger partial charge < -0.3 is 10.6 Å². The fourth-order valence-electron chi connectivity index (χ4n) is 2.89. The first-order valence-electron chi connectivity index (χ1n) is 7.72. The number of piperidine rings is 1. The maximum absolute atomic E-state index is 13.3. The molecule has 4 nitrogen and oxygen atoms in total. The monoisotopic (exact) mass is 340 g/mol. The van der Waals surface area contributed by atoms with Crippen LogP contribution in [0.1, 0.15) is 31.2 Å². The zero-order valence-corrected chi connectivity index (χ0v) is 13.1. The summed E-state index contributed by atoms with van der Waals surface area (Å²) in [5.41, 5.74) is 4.12. The van der Waals surface area contributed by atoms with Crippen LogP contribution in [-0.4, -0.2) is 35.5 Å². The summed E-state index contributed by atoms with van der Waals surface area (Å²) < 4.78 is 40.0. The van der Waals surface area contributed by atoms with Crippen LogP contribution >= 0.6 is 0 Å². The second-order valence-corrected chi connectivity index (χ2v) is 5.77. The van der Waals surface area contributed by atoms with Gasteiger partial charge in [-0.25, -0.2) is 0 Å². The number of likely N-dealkylation sites (tertiary alicyclic amines) is 1. The molecule has 1 heterocycles. The Morgan fingerprint density at radius 2 is 1.88 bits per heavy atom. The summed E-state index contributed by atoms with van der Waals surface area (Å²) in [5, 5.41) is 0. The first-order valence-corrected chi connectivity index (χ1v) is 7.72.